The van der Waals surface area contributed by atoms with Crippen LogP contribution in [0.2, 0.25) is 0 Å². The third-order valence-electron chi connectivity index (χ3n) is 4.95. The average molecular weight is 384 g/mol. The fourth-order valence-corrected chi connectivity index (χ4v) is 3.72. The van der Waals surface area contributed by atoms with Gasteiger partial charge in [0.1, 0.15) is 11.5 Å². The van der Waals surface area contributed by atoms with E-state index >= 15 is 0 Å². The van der Waals surface area contributed by atoms with Gasteiger partial charge < -0.3 is 18.8 Å². The van der Waals surface area contributed by atoms with Crippen molar-refractivity contribution in [2.75, 3.05) is 24.6 Å². The van der Waals surface area contributed by atoms with E-state index in [9.17, 15) is 9.59 Å². The van der Waals surface area contributed by atoms with Gasteiger partial charge in [-0.1, -0.05) is 6.07 Å². The Kier molecular flexibility index (Phi) is 4.85. The van der Waals surface area contributed by atoms with Gasteiger partial charge in [-0.25, -0.2) is 0 Å². The molecular formula is C21H24N2O5. The molecule has 1 saturated heterocycles. The molecule has 2 aliphatic rings. The van der Waals surface area contributed by atoms with E-state index in [1.165, 1.54) is 0 Å². The van der Waals surface area contributed by atoms with Gasteiger partial charge in [0.2, 0.25) is 0 Å². The Balaban J connectivity index is 1.51. The predicted molar refractivity (Wildman–Crippen MR) is 102 cm³/mol. The fourth-order valence-electron chi connectivity index (χ4n) is 3.72. The highest BCUT2D eigenvalue weighted by Gasteiger charge is 2.30. The topological polar surface area (TPSA) is 72.2 Å². The Morgan fingerprint density at radius 2 is 1.89 bits per heavy atom. The molecule has 0 aliphatic carbocycles. The van der Waals surface area contributed by atoms with E-state index in [4.69, 9.17) is 13.9 Å². The molecule has 2 aromatic rings. The first-order valence-electron chi connectivity index (χ1n) is 9.48. The van der Waals surface area contributed by atoms with Crippen molar-refractivity contribution in [2.45, 2.75) is 39.5 Å². The van der Waals surface area contributed by atoms with Gasteiger partial charge in [-0.05, 0) is 50.6 Å². The molecule has 1 aromatic carbocycles. The van der Waals surface area contributed by atoms with Crippen molar-refractivity contribution in [3.8, 4) is 5.75 Å². The van der Waals surface area contributed by atoms with Crippen LogP contribution in [-0.2, 0) is 16.1 Å². The van der Waals surface area contributed by atoms with E-state index in [0.29, 0.717) is 30.3 Å². The first-order chi connectivity index (χ1) is 13.4. The normalized spacial score (nSPS) is 22.0. The molecule has 2 amide bonds. The summed E-state index contributed by atoms with van der Waals surface area (Å²) in [6.45, 7) is 7.19. The number of hydrogen-bond acceptors (Lipinski definition) is 5. The zero-order valence-electron chi connectivity index (χ0n) is 16.3. The molecule has 0 radical (unpaired) electrons. The molecule has 3 heterocycles. The smallest absolute Gasteiger partial charge is 0.289 e. The molecule has 0 bridgehead atoms. The lowest BCUT2D eigenvalue weighted by Crippen LogP contribution is -2.48. The number of amides is 2. The Bertz CT molecular complexity index is 896. The largest absolute Gasteiger partial charge is 0.482 e. The van der Waals surface area contributed by atoms with Gasteiger partial charge >= 0.3 is 0 Å². The number of ether oxygens (including phenoxy) is 2. The number of fused-ring (bicyclic) bond motifs is 1. The van der Waals surface area contributed by atoms with E-state index in [2.05, 4.69) is 0 Å². The molecule has 0 N–H and O–H groups in total. The lowest BCUT2D eigenvalue weighted by molar-refractivity contribution is -0.121. The number of aryl methyl sites for hydroxylation is 1. The summed E-state index contributed by atoms with van der Waals surface area (Å²) in [4.78, 5) is 28.5. The van der Waals surface area contributed by atoms with Gasteiger partial charge in [-0.3, -0.25) is 14.5 Å². The van der Waals surface area contributed by atoms with Crippen molar-refractivity contribution in [3.05, 3.63) is 47.4 Å². The summed E-state index contributed by atoms with van der Waals surface area (Å²) >= 11 is 0. The van der Waals surface area contributed by atoms with Gasteiger partial charge in [0.25, 0.3) is 11.8 Å². The maximum Gasteiger partial charge on any atom is 0.289 e. The maximum atomic E-state index is 12.8. The first-order valence-corrected chi connectivity index (χ1v) is 9.48. The third-order valence-corrected chi connectivity index (χ3v) is 4.95. The van der Waals surface area contributed by atoms with Crippen LogP contribution >= 0.6 is 0 Å². The Hall–Kier alpha value is -2.80. The number of carbonyl (C=O) groups excluding carboxylic acids is 2. The molecule has 0 spiro atoms. The second kappa shape index (κ2) is 7.31. The zero-order chi connectivity index (χ0) is 19.8. The van der Waals surface area contributed by atoms with Crippen LogP contribution in [0.25, 0.3) is 0 Å². The van der Waals surface area contributed by atoms with E-state index in [1.807, 2.05) is 39.0 Å². The van der Waals surface area contributed by atoms with E-state index in [-0.39, 0.29) is 42.9 Å². The highest BCUT2D eigenvalue weighted by Crippen LogP contribution is 2.34. The monoisotopic (exact) mass is 384 g/mol. The number of carbonyl (C=O) groups is 2. The minimum Gasteiger partial charge on any atom is -0.482 e. The molecule has 7 heteroatoms. The second-order valence-corrected chi connectivity index (χ2v) is 7.47. The second-order valence-electron chi connectivity index (χ2n) is 7.47. The van der Waals surface area contributed by atoms with Gasteiger partial charge in [0.05, 0.1) is 24.4 Å². The van der Waals surface area contributed by atoms with Gasteiger partial charge in [0, 0.05) is 13.1 Å². The highest BCUT2D eigenvalue weighted by molar-refractivity contribution is 5.97. The van der Waals surface area contributed by atoms with Crippen LogP contribution in [0.4, 0.5) is 5.69 Å². The van der Waals surface area contributed by atoms with E-state index in [0.717, 1.165) is 5.56 Å². The molecule has 0 saturated carbocycles. The van der Waals surface area contributed by atoms with Gasteiger partial charge in [0.15, 0.2) is 12.4 Å². The van der Waals surface area contributed by atoms with Gasteiger partial charge in [-0.2, -0.15) is 0 Å². The molecule has 2 unspecified atom stereocenters. The number of morpholine rings is 1. The SMILES string of the molecule is Cc1ccc2c(c1)OCC(=O)N2Cc1ccc(C(=O)N2CC(C)OC(C)C2)o1. The van der Waals surface area contributed by atoms with Crippen molar-refractivity contribution in [2.24, 2.45) is 0 Å². The van der Waals surface area contributed by atoms with Crippen molar-refractivity contribution < 1.29 is 23.5 Å². The summed E-state index contributed by atoms with van der Waals surface area (Å²) in [5, 5.41) is 0. The van der Waals surface area contributed by atoms with Crippen LogP contribution in [0.15, 0.2) is 34.7 Å². The molecule has 4 rings (SSSR count). The highest BCUT2D eigenvalue weighted by atomic mass is 16.5. The fraction of sp³-hybridized carbons (Fsp3) is 0.429. The third kappa shape index (κ3) is 3.62. The van der Waals surface area contributed by atoms with Gasteiger partial charge in [-0.15, -0.1) is 0 Å². The van der Waals surface area contributed by atoms with E-state index in [1.54, 1.807) is 21.9 Å². The van der Waals surface area contributed by atoms with Crippen molar-refractivity contribution >= 4 is 17.5 Å². The summed E-state index contributed by atoms with van der Waals surface area (Å²) in [5.41, 5.74) is 1.77. The van der Waals surface area contributed by atoms with Crippen molar-refractivity contribution in [3.63, 3.8) is 0 Å². The van der Waals surface area contributed by atoms with Crippen molar-refractivity contribution in [1.29, 1.82) is 0 Å². The average Bonchev–Trinajstić information content (AvgIpc) is 3.11. The summed E-state index contributed by atoms with van der Waals surface area (Å²) in [5.74, 6) is 1.22. The molecule has 28 heavy (non-hydrogen) atoms. The molecule has 148 valence electrons. The molecular weight excluding hydrogens is 360 g/mol. The predicted octanol–water partition coefficient (Wildman–Crippen LogP) is 2.76. The van der Waals surface area contributed by atoms with Crippen LogP contribution in [0.1, 0.15) is 35.7 Å². The number of furan rings is 1. The summed E-state index contributed by atoms with van der Waals surface area (Å²) < 4.78 is 17.0. The van der Waals surface area contributed by atoms with Crippen LogP contribution in [0.3, 0.4) is 0 Å². The van der Waals surface area contributed by atoms with Crippen LogP contribution in [-0.4, -0.2) is 48.6 Å². The molecule has 1 fully saturated rings. The van der Waals surface area contributed by atoms with Crippen molar-refractivity contribution in [1.82, 2.24) is 4.90 Å². The summed E-state index contributed by atoms with van der Waals surface area (Å²) in [6, 6.07) is 9.13. The molecule has 7 nitrogen and oxygen atoms in total. The Labute approximate surface area is 163 Å². The van der Waals surface area contributed by atoms with Crippen LogP contribution in [0.5, 0.6) is 5.75 Å². The number of nitrogens with zero attached hydrogens (tertiary/aromatic N) is 2. The lowest BCUT2D eigenvalue weighted by atomic mass is 10.1. The molecule has 2 atom stereocenters. The minimum absolute atomic E-state index is 0.00642. The standard InChI is InChI=1S/C21H24N2O5/c1-13-4-6-17-19(8-13)26-12-20(24)23(17)11-16-5-7-18(28-16)21(25)22-9-14(2)27-15(3)10-22/h4-8,14-15H,9-12H2,1-3H3. The maximum absolute atomic E-state index is 12.8. The number of anilines is 1. The number of hydrogen-bond donors (Lipinski definition) is 0. The quantitative estimate of drug-likeness (QED) is 0.814. The number of benzene rings is 1. The minimum atomic E-state index is -0.155. The Morgan fingerprint density at radius 3 is 2.64 bits per heavy atom. The summed E-state index contributed by atoms with van der Waals surface area (Å²) in [6.07, 6.45) is -0.0128. The molecule has 1 aromatic heterocycles. The lowest BCUT2D eigenvalue weighted by Gasteiger charge is -2.34. The van der Waals surface area contributed by atoms with Crippen LogP contribution in [0, 0.1) is 6.92 Å². The van der Waals surface area contributed by atoms with E-state index < -0.39 is 0 Å². The summed E-state index contributed by atoms with van der Waals surface area (Å²) in [7, 11) is 0. The van der Waals surface area contributed by atoms with Crippen LogP contribution < -0.4 is 9.64 Å². The zero-order valence-corrected chi connectivity index (χ0v) is 16.3. The first kappa shape index (κ1) is 18.6. The molecule has 2 aliphatic heterocycles. The Morgan fingerprint density at radius 1 is 1.14 bits per heavy atom. The number of rotatable bonds is 3.